The number of halogens is 5. The normalized spacial score (nSPS) is 11.1. The van der Waals surface area contributed by atoms with Gasteiger partial charge in [0.15, 0.2) is 5.96 Å². The maximum absolute atomic E-state index is 13.6. The highest BCUT2D eigenvalue weighted by atomic mass is 127. The topological polar surface area (TPSA) is 54.9 Å². The Bertz CT molecular complexity index is 822. The molecule has 0 saturated heterocycles. The van der Waals surface area contributed by atoms with Crippen LogP contribution in [-0.2, 0) is 13.0 Å². The molecule has 10 heteroatoms. The maximum Gasteiger partial charge on any atom is 0.387 e. The van der Waals surface area contributed by atoms with Gasteiger partial charge in [-0.3, -0.25) is 4.99 Å². The second-order valence-electron chi connectivity index (χ2n) is 5.69. The highest BCUT2D eigenvalue weighted by Gasteiger charge is 2.12. The number of aliphatic imine (C=N–C) groups is 1. The molecule has 0 atom stereocenters. The molecule has 5 nitrogen and oxygen atoms in total. The monoisotopic (exact) mass is 527 g/mol. The Kier molecular flexibility index (Phi) is 10.6. The lowest BCUT2D eigenvalue weighted by molar-refractivity contribution is -0.0505. The molecular weight excluding hydrogens is 505 g/mol. The standard InChI is InChI=1S/C19H21F4N3O2.HI/c1-24-19(25-8-7-12-9-14(20)3-5-16(12)21)26-11-13-10-15(27-2)4-6-17(13)28-18(22)23;/h3-6,9-10,18H,7-8,11H2,1-2H3,(H2,24,25,26);1H. The van der Waals surface area contributed by atoms with Crippen LogP contribution in [0.15, 0.2) is 41.4 Å². The molecular formula is C19H22F4IN3O2. The smallest absolute Gasteiger partial charge is 0.387 e. The number of methoxy groups -OCH3 is 1. The zero-order valence-electron chi connectivity index (χ0n) is 15.8. The first-order chi connectivity index (χ1) is 13.4. The molecule has 29 heavy (non-hydrogen) atoms. The quantitative estimate of drug-likeness (QED) is 0.235. The number of ether oxygens (including phenoxy) is 2. The molecule has 0 aliphatic rings. The fraction of sp³-hybridized carbons (Fsp3) is 0.316. The van der Waals surface area contributed by atoms with Crippen LogP contribution in [0.5, 0.6) is 11.5 Å². The number of hydrogen-bond acceptors (Lipinski definition) is 3. The largest absolute Gasteiger partial charge is 0.497 e. The maximum atomic E-state index is 13.6. The second-order valence-corrected chi connectivity index (χ2v) is 5.69. The fourth-order valence-electron chi connectivity index (χ4n) is 2.48. The van der Waals surface area contributed by atoms with Gasteiger partial charge >= 0.3 is 6.61 Å². The lowest BCUT2D eigenvalue weighted by Gasteiger charge is -2.15. The van der Waals surface area contributed by atoms with Gasteiger partial charge in [-0.05, 0) is 48.4 Å². The molecule has 0 unspecified atom stereocenters. The predicted molar refractivity (Wildman–Crippen MR) is 113 cm³/mol. The molecule has 0 saturated carbocycles. The third-order valence-corrected chi connectivity index (χ3v) is 3.85. The van der Waals surface area contributed by atoms with Crippen molar-refractivity contribution in [3.05, 3.63) is 59.2 Å². The van der Waals surface area contributed by atoms with Gasteiger partial charge in [-0.2, -0.15) is 8.78 Å². The summed E-state index contributed by atoms with van der Waals surface area (Å²) in [5, 5.41) is 5.91. The molecule has 0 aliphatic carbocycles. The Morgan fingerprint density at radius 3 is 2.48 bits per heavy atom. The number of hydrogen-bond donors (Lipinski definition) is 2. The Balaban J connectivity index is 0.00000420. The van der Waals surface area contributed by atoms with Gasteiger partial charge in [0.05, 0.1) is 7.11 Å². The minimum Gasteiger partial charge on any atom is -0.497 e. The first kappa shape index (κ1) is 24.8. The van der Waals surface area contributed by atoms with Crippen LogP contribution in [0.25, 0.3) is 0 Å². The van der Waals surface area contributed by atoms with Crippen molar-refractivity contribution < 1.29 is 27.0 Å². The summed E-state index contributed by atoms with van der Waals surface area (Å²) < 4.78 is 61.6. The molecule has 0 aromatic heterocycles. The minimum atomic E-state index is -2.95. The van der Waals surface area contributed by atoms with Gasteiger partial charge in [-0.25, -0.2) is 8.78 Å². The van der Waals surface area contributed by atoms with E-state index in [4.69, 9.17) is 4.74 Å². The Hall–Kier alpha value is -2.24. The first-order valence-corrected chi connectivity index (χ1v) is 8.43. The van der Waals surface area contributed by atoms with Crippen LogP contribution >= 0.6 is 24.0 Å². The van der Waals surface area contributed by atoms with E-state index in [1.807, 2.05) is 0 Å². The Morgan fingerprint density at radius 1 is 1.07 bits per heavy atom. The molecule has 0 amide bonds. The average Bonchev–Trinajstić information content (AvgIpc) is 2.67. The zero-order chi connectivity index (χ0) is 20.5. The third kappa shape index (κ3) is 7.95. The van der Waals surface area contributed by atoms with Crippen molar-refractivity contribution in [2.75, 3.05) is 20.7 Å². The van der Waals surface area contributed by atoms with Crippen molar-refractivity contribution in [2.24, 2.45) is 4.99 Å². The van der Waals surface area contributed by atoms with E-state index in [9.17, 15) is 17.6 Å². The van der Waals surface area contributed by atoms with Gasteiger partial charge in [-0.1, -0.05) is 0 Å². The van der Waals surface area contributed by atoms with E-state index in [1.54, 1.807) is 6.07 Å². The van der Waals surface area contributed by atoms with Crippen LogP contribution in [0.3, 0.4) is 0 Å². The van der Waals surface area contributed by atoms with Crippen molar-refractivity contribution in [3.8, 4) is 11.5 Å². The van der Waals surface area contributed by atoms with Crippen molar-refractivity contribution in [2.45, 2.75) is 19.6 Å². The van der Waals surface area contributed by atoms with E-state index < -0.39 is 18.2 Å². The molecule has 2 aromatic rings. The van der Waals surface area contributed by atoms with Crippen LogP contribution in [0, 0.1) is 11.6 Å². The van der Waals surface area contributed by atoms with Crippen LogP contribution in [0.4, 0.5) is 17.6 Å². The van der Waals surface area contributed by atoms with Gasteiger partial charge in [-0.15, -0.1) is 24.0 Å². The number of benzene rings is 2. The summed E-state index contributed by atoms with van der Waals surface area (Å²) in [5.41, 5.74) is 0.683. The summed E-state index contributed by atoms with van der Waals surface area (Å²) in [7, 11) is 2.99. The third-order valence-electron chi connectivity index (χ3n) is 3.85. The molecule has 2 rings (SSSR count). The first-order valence-electron chi connectivity index (χ1n) is 8.43. The fourth-order valence-corrected chi connectivity index (χ4v) is 2.48. The van der Waals surface area contributed by atoms with Crippen molar-refractivity contribution in [1.82, 2.24) is 10.6 Å². The van der Waals surface area contributed by atoms with Gasteiger partial charge < -0.3 is 20.1 Å². The van der Waals surface area contributed by atoms with E-state index in [-0.39, 0.29) is 48.3 Å². The van der Waals surface area contributed by atoms with E-state index in [0.717, 1.165) is 18.2 Å². The number of nitrogens with zero attached hydrogens (tertiary/aromatic N) is 1. The summed E-state index contributed by atoms with van der Waals surface area (Å²) in [4.78, 5) is 4.01. The molecule has 2 N–H and O–H groups in total. The lowest BCUT2D eigenvalue weighted by atomic mass is 10.1. The molecule has 0 heterocycles. The van der Waals surface area contributed by atoms with Crippen LogP contribution in [0.2, 0.25) is 0 Å². The summed E-state index contributed by atoms with van der Waals surface area (Å²) >= 11 is 0. The molecule has 0 aliphatic heterocycles. The van der Waals surface area contributed by atoms with E-state index in [0.29, 0.717) is 23.8 Å². The minimum absolute atomic E-state index is 0. The van der Waals surface area contributed by atoms with E-state index >= 15 is 0 Å². The number of nitrogens with one attached hydrogen (secondary N) is 2. The summed E-state index contributed by atoms with van der Waals surface area (Å²) in [6.45, 7) is -2.53. The summed E-state index contributed by atoms with van der Waals surface area (Å²) in [6, 6.07) is 7.75. The molecule has 160 valence electrons. The van der Waals surface area contributed by atoms with Gasteiger partial charge in [0, 0.05) is 25.7 Å². The Morgan fingerprint density at radius 2 is 1.83 bits per heavy atom. The van der Waals surface area contributed by atoms with Crippen LogP contribution < -0.4 is 20.1 Å². The van der Waals surface area contributed by atoms with Gasteiger partial charge in [0.1, 0.15) is 23.1 Å². The molecule has 0 radical (unpaired) electrons. The van der Waals surface area contributed by atoms with E-state index in [1.165, 1.54) is 26.3 Å². The van der Waals surface area contributed by atoms with E-state index in [2.05, 4.69) is 20.4 Å². The molecule has 2 aromatic carbocycles. The Labute approximate surface area is 183 Å². The van der Waals surface area contributed by atoms with Crippen LogP contribution in [0.1, 0.15) is 11.1 Å². The SMILES string of the molecule is CN=C(NCCc1cc(F)ccc1F)NCc1cc(OC)ccc1OC(F)F.I. The summed E-state index contributed by atoms with van der Waals surface area (Å²) in [6.07, 6.45) is 0.239. The van der Waals surface area contributed by atoms with Crippen molar-refractivity contribution >= 4 is 29.9 Å². The number of rotatable bonds is 8. The van der Waals surface area contributed by atoms with Crippen LogP contribution in [-0.4, -0.2) is 33.3 Å². The highest BCUT2D eigenvalue weighted by Crippen LogP contribution is 2.25. The van der Waals surface area contributed by atoms with Gasteiger partial charge in [0.25, 0.3) is 0 Å². The molecule has 0 spiro atoms. The van der Waals surface area contributed by atoms with Gasteiger partial charge in [0.2, 0.25) is 0 Å². The predicted octanol–water partition coefficient (Wildman–Crippen LogP) is 4.10. The average molecular weight is 527 g/mol. The van der Waals surface area contributed by atoms with Crippen molar-refractivity contribution in [3.63, 3.8) is 0 Å². The summed E-state index contributed by atoms with van der Waals surface area (Å²) in [5.74, 6) is -0.133. The highest BCUT2D eigenvalue weighted by molar-refractivity contribution is 14.0. The number of alkyl halides is 2. The second kappa shape index (κ2) is 12.3. The molecule has 0 fully saturated rings. The molecule has 0 bridgehead atoms. The lowest BCUT2D eigenvalue weighted by Crippen LogP contribution is -2.38. The van der Waals surface area contributed by atoms with Crippen molar-refractivity contribution in [1.29, 1.82) is 0 Å². The zero-order valence-corrected chi connectivity index (χ0v) is 18.2. The number of guanidine groups is 1.